The van der Waals surface area contributed by atoms with Gasteiger partial charge in [-0.05, 0) is 37.0 Å². The molecule has 0 unspecified atom stereocenters. The summed E-state index contributed by atoms with van der Waals surface area (Å²) in [5, 5.41) is 10.4. The van der Waals surface area contributed by atoms with Crippen LogP contribution in [0.5, 0.6) is 0 Å². The van der Waals surface area contributed by atoms with Crippen LogP contribution >= 0.6 is 0 Å². The average molecular weight is 238 g/mol. The number of hydrogen-bond acceptors (Lipinski definition) is 4. The van der Waals surface area contributed by atoms with Gasteiger partial charge in [-0.2, -0.15) is 0 Å². The second-order valence-corrected chi connectivity index (χ2v) is 4.04. The van der Waals surface area contributed by atoms with Crippen molar-refractivity contribution in [1.29, 1.82) is 0 Å². The first-order chi connectivity index (χ1) is 8.27. The van der Waals surface area contributed by atoms with Crippen LogP contribution in [0.1, 0.15) is 18.4 Å². The Morgan fingerprint density at radius 2 is 2.18 bits per heavy atom. The van der Waals surface area contributed by atoms with Crippen molar-refractivity contribution in [2.45, 2.75) is 19.3 Å². The van der Waals surface area contributed by atoms with E-state index in [1.807, 2.05) is 12.1 Å². The number of methoxy groups -OCH3 is 1. The van der Waals surface area contributed by atoms with Crippen LogP contribution in [0, 0.1) is 0 Å². The van der Waals surface area contributed by atoms with E-state index < -0.39 is 0 Å². The maximum Gasteiger partial charge on any atom is 0.0519 e. The Labute approximate surface area is 103 Å². The molecule has 1 aromatic rings. The number of aliphatic hydroxyl groups excluding tert-OH is 1. The Morgan fingerprint density at radius 3 is 2.88 bits per heavy atom. The summed E-state index contributed by atoms with van der Waals surface area (Å²) in [7, 11) is 1.70. The molecule has 1 aromatic carbocycles. The second kappa shape index (κ2) is 8.06. The number of hydrazine groups is 1. The fourth-order valence-electron chi connectivity index (χ4n) is 1.63. The minimum Gasteiger partial charge on any atom is -0.396 e. The molecule has 0 aliphatic heterocycles. The van der Waals surface area contributed by atoms with Gasteiger partial charge in [0.1, 0.15) is 0 Å². The van der Waals surface area contributed by atoms with Crippen LogP contribution in [0.2, 0.25) is 0 Å². The lowest BCUT2D eigenvalue weighted by Crippen LogP contribution is -2.31. The molecular formula is C13H22N2O2. The monoisotopic (exact) mass is 238 g/mol. The molecule has 96 valence electrons. The summed E-state index contributed by atoms with van der Waals surface area (Å²) in [6.07, 6.45) is 2.58. The number of rotatable bonds is 8. The van der Waals surface area contributed by atoms with Gasteiger partial charge in [0, 0.05) is 20.3 Å². The molecule has 3 N–H and O–H groups in total. The van der Waals surface area contributed by atoms with Gasteiger partial charge in [0.05, 0.1) is 12.3 Å². The first-order valence-corrected chi connectivity index (χ1v) is 5.99. The van der Waals surface area contributed by atoms with Crippen molar-refractivity contribution in [2.24, 2.45) is 5.84 Å². The zero-order chi connectivity index (χ0) is 12.5. The van der Waals surface area contributed by atoms with Crippen LogP contribution in [0.25, 0.3) is 0 Å². The topological polar surface area (TPSA) is 58.7 Å². The highest BCUT2D eigenvalue weighted by molar-refractivity contribution is 5.47. The van der Waals surface area contributed by atoms with E-state index in [1.165, 1.54) is 5.56 Å². The molecule has 0 bridgehead atoms. The van der Waals surface area contributed by atoms with Gasteiger partial charge in [0.15, 0.2) is 0 Å². The smallest absolute Gasteiger partial charge is 0.0519 e. The van der Waals surface area contributed by atoms with E-state index in [1.54, 1.807) is 12.1 Å². The normalized spacial score (nSPS) is 10.5. The maximum atomic E-state index is 8.72. The minimum atomic E-state index is 0.224. The fraction of sp³-hybridized carbons (Fsp3) is 0.538. The average Bonchev–Trinajstić information content (AvgIpc) is 2.37. The number of nitrogens with zero attached hydrogens (tertiary/aromatic N) is 1. The van der Waals surface area contributed by atoms with Crippen LogP contribution in [-0.4, -0.2) is 32.0 Å². The molecule has 4 nitrogen and oxygen atoms in total. The minimum absolute atomic E-state index is 0.224. The SMILES string of the molecule is COCCc1cccc(N(N)CCCCO)c1. The number of unbranched alkanes of at least 4 members (excludes halogenated alkanes) is 1. The van der Waals surface area contributed by atoms with E-state index in [0.717, 1.165) is 38.1 Å². The van der Waals surface area contributed by atoms with E-state index in [4.69, 9.17) is 15.7 Å². The lowest BCUT2D eigenvalue weighted by Gasteiger charge is -2.19. The fourth-order valence-corrected chi connectivity index (χ4v) is 1.63. The van der Waals surface area contributed by atoms with Crippen molar-refractivity contribution >= 4 is 5.69 Å². The number of ether oxygens (including phenoxy) is 1. The molecule has 0 fully saturated rings. The third-order valence-corrected chi connectivity index (χ3v) is 2.64. The molecule has 1 rings (SSSR count). The van der Waals surface area contributed by atoms with E-state index in [9.17, 15) is 0 Å². The first-order valence-electron chi connectivity index (χ1n) is 5.99. The van der Waals surface area contributed by atoms with E-state index in [0.29, 0.717) is 0 Å². The Balaban J connectivity index is 2.51. The molecule has 0 amide bonds. The highest BCUT2D eigenvalue weighted by atomic mass is 16.5. The number of nitrogens with two attached hydrogens (primary N) is 1. The zero-order valence-electron chi connectivity index (χ0n) is 10.4. The van der Waals surface area contributed by atoms with Gasteiger partial charge in [-0.3, -0.25) is 0 Å². The summed E-state index contributed by atoms with van der Waals surface area (Å²) >= 11 is 0. The van der Waals surface area contributed by atoms with Crippen LogP contribution in [0.3, 0.4) is 0 Å². The van der Waals surface area contributed by atoms with Crippen LogP contribution in [0.4, 0.5) is 5.69 Å². The largest absolute Gasteiger partial charge is 0.396 e. The summed E-state index contributed by atoms with van der Waals surface area (Å²) in [5.41, 5.74) is 2.23. The zero-order valence-corrected chi connectivity index (χ0v) is 10.4. The maximum absolute atomic E-state index is 8.72. The van der Waals surface area contributed by atoms with Gasteiger partial charge >= 0.3 is 0 Å². The van der Waals surface area contributed by atoms with Crippen molar-refractivity contribution in [3.05, 3.63) is 29.8 Å². The molecule has 17 heavy (non-hydrogen) atoms. The quantitative estimate of drug-likeness (QED) is 0.407. The Kier molecular flexibility index (Phi) is 6.62. The van der Waals surface area contributed by atoms with Gasteiger partial charge in [-0.15, -0.1) is 0 Å². The van der Waals surface area contributed by atoms with Crippen molar-refractivity contribution in [1.82, 2.24) is 0 Å². The molecule has 0 aromatic heterocycles. The second-order valence-electron chi connectivity index (χ2n) is 4.04. The Morgan fingerprint density at radius 1 is 1.35 bits per heavy atom. The predicted molar refractivity (Wildman–Crippen MR) is 69.9 cm³/mol. The predicted octanol–water partition coefficient (Wildman–Crippen LogP) is 1.33. The third-order valence-electron chi connectivity index (χ3n) is 2.64. The number of benzene rings is 1. The molecule has 4 heteroatoms. The first kappa shape index (κ1) is 14.0. The van der Waals surface area contributed by atoms with Gasteiger partial charge < -0.3 is 14.9 Å². The van der Waals surface area contributed by atoms with E-state index in [2.05, 4.69) is 12.1 Å². The lowest BCUT2D eigenvalue weighted by atomic mass is 10.1. The van der Waals surface area contributed by atoms with Gasteiger partial charge in [0.25, 0.3) is 0 Å². The van der Waals surface area contributed by atoms with Crippen LogP contribution in [-0.2, 0) is 11.2 Å². The van der Waals surface area contributed by atoms with Crippen molar-refractivity contribution in [3.63, 3.8) is 0 Å². The standard InChI is InChI=1S/C13H22N2O2/c1-17-10-7-12-5-4-6-13(11-12)15(14)8-2-3-9-16/h4-6,11,16H,2-3,7-10,14H2,1H3. The van der Waals surface area contributed by atoms with Gasteiger partial charge in [0.2, 0.25) is 0 Å². The molecule has 0 saturated carbocycles. The van der Waals surface area contributed by atoms with Crippen molar-refractivity contribution in [2.75, 3.05) is 31.9 Å². The van der Waals surface area contributed by atoms with Crippen LogP contribution < -0.4 is 10.9 Å². The summed E-state index contributed by atoms with van der Waals surface area (Å²) in [6, 6.07) is 8.16. The van der Waals surface area contributed by atoms with Crippen LogP contribution in [0.15, 0.2) is 24.3 Å². The van der Waals surface area contributed by atoms with E-state index >= 15 is 0 Å². The molecule has 0 radical (unpaired) electrons. The number of aliphatic hydroxyl groups is 1. The summed E-state index contributed by atoms with van der Waals surface area (Å²) in [5.74, 6) is 5.95. The molecule has 0 heterocycles. The highest BCUT2D eigenvalue weighted by Gasteiger charge is 2.02. The molecule has 0 saturated heterocycles. The highest BCUT2D eigenvalue weighted by Crippen LogP contribution is 2.14. The van der Waals surface area contributed by atoms with E-state index in [-0.39, 0.29) is 6.61 Å². The lowest BCUT2D eigenvalue weighted by molar-refractivity contribution is 0.202. The third kappa shape index (κ3) is 5.17. The summed E-state index contributed by atoms with van der Waals surface area (Å²) < 4.78 is 5.05. The summed E-state index contributed by atoms with van der Waals surface area (Å²) in [6.45, 7) is 1.70. The number of anilines is 1. The molecule has 0 spiro atoms. The molecular weight excluding hydrogens is 216 g/mol. The molecule has 0 atom stereocenters. The molecule has 0 aliphatic carbocycles. The Bertz CT molecular complexity index is 318. The Hall–Kier alpha value is -1.10. The number of hydrogen-bond donors (Lipinski definition) is 2. The summed E-state index contributed by atoms with van der Waals surface area (Å²) in [4.78, 5) is 0. The van der Waals surface area contributed by atoms with Gasteiger partial charge in [-0.25, -0.2) is 5.84 Å². The van der Waals surface area contributed by atoms with Gasteiger partial charge in [-0.1, -0.05) is 12.1 Å². The molecule has 0 aliphatic rings. The van der Waals surface area contributed by atoms with Crippen molar-refractivity contribution in [3.8, 4) is 0 Å². The van der Waals surface area contributed by atoms with Crippen molar-refractivity contribution < 1.29 is 9.84 Å².